The van der Waals surface area contributed by atoms with Gasteiger partial charge in [0, 0.05) is 19.2 Å². The van der Waals surface area contributed by atoms with Crippen molar-refractivity contribution in [3.05, 3.63) is 58.9 Å². The lowest BCUT2D eigenvalue weighted by atomic mass is 10.2. The Labute approximate surface area is 166 Å². The summed E-state index contributed by atoms with van der Waals surface area (Å²) in [5.41, 5.74) is 1.91. The van der Waals surface area contributed by atoms with Crippen LogP contribution in [0.1, 0.15) is 12.5 Å². The lowest BCUT2D eigenvalue weighted by Crippen LogP contribution is -2.19. The van der Waals surface area contributed by atoms with E-state index >= 15 is 0 Å². The zero-order chi connectivity index (χ0) is 19.3. The summed E-state index contributed by atoms with van der Waals surface area (Å²) in [6.45, 7) is 4.07. The third-order valence-corrected chi connectivity index (χ3v) is 5.33. The SMILES string of the molecule is CCOCCn1c(=NC(=O)C=Cc2ccc3c(c2)OCO3)sc2ccccc21. The van der Waals surface area contributed by atoms with Gasteiger partial charge in [-0.25, -0.2) is 0 Å². The van der Waals surface area contributed by atoms with Crippen molar-refractivity contribution < 1.29 is 19.0 Å². The molecule has 2 aromatic carbocycles. The number of rotatable bonds is 6. The molecule has 0 aliphatic carbocycles. The van der Waals surface area contributed by atoms with Crippen LogP contribution >= 0.6 is 11.3 Å². The zero-order valence-corrected chi connectivity index (χ0v) is 16.3. The Morgan fingerprint density at radius 1 is 1.25 bits per heavy atom. The summed E-state index contributed by atoms with van der Waals surface area (Å²) >= 11 is 1.50. The van der Waals surface area contributed by atoms with Gasteiger partial charge in [0.05, 0.1) is 16.8 Å². The quantitative estimate of drug-likeness (QED) is 0.472. The Morgan fingerprint density at radius 2 is 2.11 bits per heavy atom. The second kappa shape index (κ2) is 8.41. The van der Waals surface area contributed by atoms with Crippen LogP contribution in [0.5, 0.6) is 11.5 Å². The van der Waals surface area contributed by atoms with E-state index in [1.807, 2.05) is 54.0 Å². The minimum atomic E-state index is -0.311. The molecule has 0 saturated heterocycles. The van der Waals surface area contributed by atoms with Gasteiger partial charge in [-0.15, -0.1) is 0 Å². The van der Waals surface area contributed by atoms with Crippen molar-refractivity contribution in [3.8, 4) is 11.5 Å². The molecule has 3 aromatic rings. The molecule has 0 N–H and O–H groups in total. The number of amides is 1. The van der Waals surface area contributed by atoms with Crippen molar-refractivity contribution in [2.75, 3.05) is 20.0 Å². The first-order valence-corrected chi connectivity index (χ1v) is 9.89. The van der Waals surface area contributed by atoms with Crippen molar-refractivity contribution in [2.24, 2.45) is 4.99 Å². The Balaban J connectivity index is 1.59. The fourth-order valence-corrected chi connectivity index (χ4v) is 4.00. The van der Waals surface area contributed by atoms with Gasteiger partial charge in [0.15, 0.2) is 16.3 Å². The topological polar surface area (TPSA) is 62.1 Å². The monoisotopic (exact) mass is 396 g/mol. The minimum absolute atomic E-state index is 0.227. The van der Waals surface area contributed by atoms with Crippen LogP contribution in [-0.2, 0) is 16.1 Å². The highest BCUT2D eigenvalue weighted by atomic mass is 32.1. The van der Waals surface area contributed by atoms with Crippen molar-refractivity contribution in [3.63, 3.8) is 0 Å². The number of nitrogens with zero attached hydrogens (tertiary/aromatic N) is 2. The molecule has 6 nitrogen and oxygen atoms in total. The van der Waals surface area contributed by atoms with Crippen LogP contribution < -0.4 is 14.3 Å². The van der Waals surface area contributed by atoms with Crippen LogP contribution in [0.4, 0.5) is 0 Å². The van der Waals surface area contributed by atoms with E-state index in [2.05, 4.69) is 4.99 Å². The van der Waals surface area contributed by atoms with E-state index in [4.69, 9.17) is 14.2 Å². The highest BCUT2D eigenvalue weighted by molar-refractivity contribution is 7.16. The molecule has 1 aliphatic rings. The molecule has 0 radical (unpaired) electrons. The van der Waals surface area contributed by atoms with Gasteiger partial charge in [-0.1, -0.05) is 29.5 Å². The summed E-state index contributed by atoms with van der Waals surface area (Å²) in [5.74, 6) is 1.09. The van der Waals surface area contributed by atoms with Crippen LogP contribution in [0.15, 0.2) is 53.5 Å². The van der Waals surface area contributed by atoms with E-state index in [-0.39, 0.29) is 12.7 Å². The summed E-state index contributed by atoms with van der Waals surface area (Å²) in [7, 11) is 0. The van der Waals surface area contributed by atoms with Crippen molar-refractivity contribution in [2.45, 2.75) is 13.5 Å². The number of hydrogen-bond acceptors (Lipinski definition) is 5. The smallest absolute Gasteiger partial charge is 0.272 e. The lowest BCUT2D eigenvalue weighted by Gasteiger charge is -2.04. The Bertz CT molecular complexity index is 1100. The number of benzene rings is 2. The van der Waals surface area contributed by atoms with E-state index in [9.17, 15) is 4.79 Å². The third-order valence-electron chi connectivity index (χ3n) is 4.27. The van der Waals surface area contributed by atoms with Gasteiger partial charge in [-0.3, -0.25) is 4.79 Å². The number of fused-ring (bicyclic) bond motifs is 2. The van der Waals surface area contributed by atoms with E-state index < -0.39 is 0 Å². The van der Waals surface area contributed by atoms with Gasteiger partial charge in [0.1, 0.15) is 0 Å². The van der Waals surface area contributed by atoms with E-state index in [1.54, 1.807) is 6.08 Å². The summed E-state index contributed by atoms with van der Waals surface area (Å²) in [6.07, 6.45) is 3.19. The average Bonchev–Trinajstić information content (AvgIpc) is 3.31. The van der Waals surface area contributed by atoms with Gasteiger partial charge in [0.25, 0.3) is 5.91 Å². The van der Waals surface area contributed by atoms with E-state index in [0.29, 0.717) is 36.1 Å². The lowest BCUT2D eigenvalue weighted by molar-refractivity contribution is -0.113. The van der Waals surface area contributed by atoms with Gasteiger partial charge >= 0.3 is 0 Å². The predicted octanol–water partition coefficient (Wildman–Crippen LogP) is 3.61. The second-order valence-corrected chi connectivity index (χ2v) is 7.11. The maximum absolute atomic E-state index is 12.4. The largest absolute Gasteiger partial charge is 0.454 e. The summed E-state index contributed by atoms with van der Waals surface area (Å²) in [6, 6.07) is 13.6. The fraction of sp³-hybridized carbons (Fsp3) is 0.238. The molecule has 1 aromatic heterocycles. The summed E-state index contributed by atoms with van der Waals surface area (Å²) in [5, 5.41) is 0. The summed E-state index contributed by atoms with van der Waals surface area (Å²) in [4.78, 5) is 17.4. The maximum Gasteiger partial charge on any atom is 0.272 e. The third kappa shape index (κ3) is 4.00. The van der Waals surface area contributed by atoms with Crippen LogP contribution in [0.25, 0.3) is 16.3 Å². The molecule has 1 aliphatic heterocycles. The first kappa shape index (κ1) is 18.5. The number of ether oxygens (including phenoxy) is 3. The number of thiazole rings is 1. The first-order chi connectivity index (χ1) is 13.7. The Kier molecular flexibility index (Phi) is 5.55. The Morgan fingerprint density at radius 3 is 3.00 bits per heavy atom. The van der Waals surface area contributed by atoms with Crippen LogP contribution in [0.2, 0.25) is 0 Å². The molecule has 1 amide bonds. The molecule has 144 valence electrons. The molecule has 4 rings (SSSR count). The highest BCUT2D eigenvalue weighted by Gasteiger charge is 2.12. The molecule has 0 spiro atoms. The number of aromatic nitrogens is 1. The molecule has 2 heterocycles. The predicted molar refractivity (Wildman–Crippen MR) is 108 cm³/mol. The molecule has 0 atom stereocenters. The van der Waals surface area contributed by atoms with Crippen molar-refractivity contribution in [1.82, 2.24) is 4.57 Å². The van der Waals surface area contributed by atoms with E-state index in [0.717, 1.165) is 15.8 Å². The second-order valence-electron chi connectivity index (χ2n) is 6.10. The molecule has 7 heteroatoms. The maximum atomic E-state index is 12.4. The minimum Gasteiger partial charge on any atom is -0.454 e. The molecule has 0 unspecified atom stereocenters. The molecule has 0 saturated carbocycles. The molecule has 0 bridgehead atoms. The average molecular weight is 396 g/mol. The molecular formula is C21H20N2O4S. The molecule has 28 heavy (non-hydrogen) atoms. The number of hydrogen-bond donors (Lipinski definition) is 0. The van der Waals surface area contributed by atoms with Crippen LogP contribution in [0.3, 0.4) is 0 Å². The standard InChI is InChI=1S/C21H20N2O4S/c1-2-25-12-11-23-16-5-3-4-6-19(16)28-21(23)22-20(24)10-8-15-7-9-17-18(13-15)27-14-26-17/h3-10,13H,2,11-12,14H2,1H3. The van der Waals surface area contributed by atoms with Crippen LogP contribution in [-0.4, -0.2) is 30.5 Å². The van der Waals surface area contributed by atoms with Gasteiger partial charge in [-0.05, 0) is 42.8 Å². The van der Waals surface area contributed by atoms with Crippen LogP contribution in [0, 0.1) is 0 Å². The fourth-order valence-electron chi connectivity index (χ4n) is 2.94. The number of carbonyl (C=O) groups excluding carboxylic acids is 1. The van der Waals surface area contributed by atoms with E-state index in [1.165, 1.54) is 17.4 Å². The Hall–Kier alpha value is -2.90. The van der Waals surface area contributed by atoms with Gasteiger partial charge < -0.3 is 18.8 Å². The highest BCUT2D eigenvalue weighted by Crippen LogP contribution is 2.32. The number of para-hydroxylation sites is 1. The summed E-state index contributed by atoms with van der Waals surface area (Å²) < 4.78 is 19.3. The van der Waals surface area contributed by atoms with Crippen molar-refractivity contribution >= 4 is 33.5 Å². The number of carbonyl (C=O) groups is 1. The first-order valence-electron chi connectivity index (χ1n) is 9.07. The zero-order valence-electron chi connectivity index (χ0n) is 15.5. The van der Waals surface area contributed by atoms with Gasteiger partial charge in [0.2, 0.25) is 6.79 Å². The van der Waals surface area contributed by atoms with Crippen molar-refractivity contribution in [1.29, 1.82) is 0 Å². The van der Waals surface area contributed by atoms with Gasteiger partial charge in [-0.2, -0.15) is 4.99 Å². The molecule has 0 fully saturated rings. The normalized spacial score (nSPS) is 13.7. The molecular weight excluding hydrogens is 376 g/mol.